The predicted molar refractivity (Wildman–Crippen MR) is 63.6 cm³/mol. The van der Waals surface area contributed by atoms with Crippen LogP contribution in [0.1, 0.15) is 53.4 Å². The molecule has 0 spiro atoms. The van der Waals surface area contributed by atoms with Crippen molar-refractivity contribution in [2.24, 2.45) is 22.5 Å². The molecular weight excluding hydrogens is 205 g/mol. The van der Waals surface area contributed by atoms with Crippen LogP contribution in [0.5, 0.6) is 0 Å². The lowest BCUT2D eigenvalue weighted by atomic mass is 9.68. The van der Waals surface area contributed by atoms with Gasteiger partial charge < -0.3 is 5.73 Å². The summed E-state index contributed by atoms with van der Waals surface area (Å²) in [6.45, 7) is 7.66. The Kier molecular flexibility index (Phi) is 3.65. The third-order valence-corrected chi connectivity index (χ3v) is 4.12. The van der Waals surface area contributed by atoms with Crippen LogP contribution in [0, 0.1) is 16.7 Å². The second-order valence-electron chi connectivity index (χ2n) is 6.49. The Morgan fingerprint density at radius 3 is 2.19 bits per heavy atom. The molecule has 1 aliphatic rings. The van der Waals surface area contributed by atoms with E-state index in [1.54, 1.807) is 13.8 Å². The van der Waals surface area contributed by atoms with Crippen LogP contribution in [0.25, 0.3) is 0 Å². The number of hydrogen-bond donors (Lipinski definition) is 1. The molecule has 0 bridgehead atoms. The van der Waals surface area contributed by atoms with Gasteiger partial charge in [-0.15, -0.1) is 0 Å². The number of carbonyl (C=O) groups excluding carboxylic acids is 1. The molecule has 2 N–H and O–H groups in total. The molecule has 1 saturated carbocycles. The number of primary amides is 1. The average Bonchev–Trinajstić information content (AvgIpc) is 2.16. The van der Waals surface area contributed by atoms with E-state index >= 15 is 0 Å². The summed E-state index contributed by atoms with van der Waals surface area (Å²) in [4.78, 5) is 11.2. The average molecular weight is 229 g/mol. The molecule has 16 heavy (non-hydrogen) atoms. The van der Waals surface area contributed by atoms with Gasteiger partial charge in [-0.3, -0.25) is 4.79 Å². The van der Waals surface area contributed by atoms with Crippen molar-refractivity contribution in [2.75, 3.05) is 0 Å². The molecule has 1 unspecified atom stereocenters. The highest BCUT2D eigenvalue weighted by atomic mass is 19.1. The number of halogens is 1. The highest BCUT2D eigenvalue weighted by molar-refractivity contribution is 5.80. The highest BCUT2D eigenvalue weighted by Crippen LogP contribution is 2.43. The fourth-order valence-electron chi connectivity index (χ4n) is 2.44. The maximum atomic E-state index is 14.3. The van der Waals surface area contributed by atoms with E-state index in [9.17, 15) is 9.18 Å². The van der Waals surface area contributed by atoms with Crippen molar-refractivity contribution in [1.82, 2.24) is 0 Å². The summed E-state index contributed by atoms with van der Waals surface area (Å²) in [6, 6.07) is 0. The fraction of sp³-hybridized carbons (Fsp3) is 0.923. The molecule has 94 valence electrons. The number of carbonyl (C=O) groups is 1. The Bertz CT molecular complexity index is 263. The summed E-state index contributed by atoms with van der Waals surface area (Å²) >= 11 is 0. The molecule has 0 saturated heterocycles. The first-order valence-electron chi connectivity index (χ1n) is 6.11. The van der Waals surface area contributed by atoms with Gasteiger partial charge in [-0.05, 0) is 50.9 Å². The van der Waals surface area contributed by atoms with E-state index in [1.807, 2.05) is 0 Å². The van der Waals surface area contributed by atoms with Crippen LogP contribution in [0.2, 0.25) is 0 Å². The second kappa shape index (κ2) is 4.34. The maximum Gasteiger partial charge on any atom is 0.226 e. The molecule has 3 heteroatoms. The first-order chi connectivity index (χ1) is 7.17. The van der Waals surface area contributed by atoms with Crippen LogP contribution in [-0.4, -0.2) is 12.1 Å². The molecule has 0 aromatic carbocycles. The lowest BCUT2D eigenvalue weighted by Crippen LogP contribution is -2.44. The minimum Gasteiger partial charge on any atom is -0.369 e. The molecule has 1 aliphatic carbocycles. The zero-order valence-corrected chi connectivity index (χ0v) is 10.8. The van der Waals surface area contributed by atoms with Crippen molar-refractivity contribution in [2.45, 2.75) is 59.5 Å². The van der Waals surface area contributed by atoms with Gasteiger partial charge in [0.15, 0.2) is 0 Å². The van der Waals surface area contributed by atoms with E-state index in [0.29, 0.717) is 5.41 Å². The third kappa shape index (κ3) is 2.74. The first kappa shape index (κ1) is 13.5. The molecule has 0 heterocycles. The highest BCUT2D eigenvalue weighted by Gasteiger charge is 2.42. The minimum absolute atomic E-state index is 0.00414. The van der Waals surface area contributed by atoms with Gasteiger partial charge in [-0.25, -0.2) is 4.39 Å². The van der Waals surface area contributed by atoms with Gasteiger partial charge >= 0.3 is 0 Å². The summed E-state index contributed by atoms with van der Waals surface area (Å²) in [5.41, 5.74) is 4.54. The molecule has 1 rings (SSSR count). The SMILES string of the molecule is CC1(C)CCC(C(F)C(C)(C)C(N)=O)CC1. The Morgan fingerprint density at radius 1 is 1.38 bits per heavy atom. The van der Waals surface area contributed by atoms with Crippen molar-refractivity contribution < 1.29 is 9.18 Å². The zero-order chi connectivity index (χ0) is 12.6. The molecule has 1 amide bonds. The Balaban J connectivity index is 2.64. The number of hydrogen-bond acceptors (Lipinski definition) is 1. The largest absolute Gasteiger partial charge is 0.369 e. The van der Waals surface area contributed by atoms with Gasteiger partial charge in [-0.2, -0.15) is 0 Å². The van der Waals surface area contributed by atoms with Gasteiger partial charge in [0.05, 0.1) is 5.41 Å². The smallest absolute Gasteiger partial charge is 0.226 e. The zero-order valence-electron chi connectivity index (χ0n) is 10.8. The van der Waals surface area contributed by atoms with E-state index in [0.717, 1.165) is 25.7 Å². The fourth-order valence-corrected chi connectivity index (χ4v) is 2.44. The van der Waals surface area contributed by atoms with E-state index in [1.165, 1.54) is 0 Å². The van der Waals surface area contributed by atoms with Gasteiger partial charge in [0.1, 0.15) is 6.17 Å². The van der Waals surface area contributed by atoms with Crippen molar-refractivity contribution in [1.29, 1.82) is 0 Å². The summed E-state index contributed by atoms with van der Waals surface area (Å²) in [7, 11) is 0. The molecule has 0 aliphatic heterocycles. The van der Waals surface area contributed by atoms with Gasteiger partial charge in [-0.1, -0.05) is 13.8 Å². The number of rotatable bonds is 3. The van der Waals surface area contributed by atoms with Crippen LogP contribution >= 0.6 is 0 Å². The van der Waals surface area contributed by atoms with Crippen molar-refractivity contribution >= 4 is 5.91 Å². The monoisotopic (exact) mass is 229 g/mol. The van der Waals surface area contributed by atoms with Gasteiger partial charge in [0.25, 0.3) is 0 Å². The van der Waals surface area contributed by atoms with E-state index in [-0.39, 0.29) is 5.92 Å². The van der Waals surface area contributed by atoms with Crippen molar-refractivity contribution in [3.8, 4) is 0 Å². The molecule has 0 aromatic rings. The topological polar surface area (TPSA) is 43.1 Å². The maximum absolute atomic E-state index is 14.3. The Labute approximate surface area is 97.8 Å². The van der Waals surface area contributed by atoms with E-state index < -0.39 is 17.5 Å². The third-order valence-electron chi connectivity index (χ3n) is 4.12. The van der Waals surface area contributed by atoms with Crippen molar-refractivity contribution in [3.63, 3.8) is 0 Å². The Morgan fingerprint density at radius 2 is 1.81 bits per heavy atom. The molecule has 0 aromatic heterocycles. The standard InChI is InChI=1S/C13H24FNO/c1-12(2)7-5-9(6-8-12)10(14)13(3,4)11(15)16/h9-10H,5-8H2,1-4H3,(H2,15,16). The Hall–Kier alpha value is -0.600. The van der Waals surface area contributed by atoms with Gasteiger partial charge in [0.2, 0.25) is 5.91 Å². The summed E-state index contributed by atoms with van der Waals surface area (Å²) in [6.07, 6.45) is 2.69. The quantitative estimate of drug-likeness (QED) is 0.794. The van der Waals surface area contributed by atoms with E-state index in [2.05, 4.69) is 13.8 Å². The van der Waals surface area contributed by atoms with Crippen LogP contribution in [-0.2, 0) is 4.79 Å². The van der Waals surface area contributed by atoms with Crippen LogP contribution in [0.3, 0.4) is 0 Å². The lowest BCUT2D eigenvalue weighted by molar-refractivity contribution is -0.131. The number of nitrogens with two attached hydrogens (primary N) is 1. The predicted octanol–water partition coefficient (Wildman–Crippen LogP) is 3.05. The van der Waals surface area contributed by atoms with Crippen LogP contribution in [0.15, 0.2) is 0 Å². The second-order valence-corrected chi connectivity index (χ2v) is 6.49. The normalized spacial score (nSPS) is 24.1. The van der Waals surface area contributed by atoms with E-state index in [4.69, 9.17) is 5.73 Å². The molecule has 1 fully saturated rings. The molecule has 0 radical (unpaired) electrons. The van der Waals surface area contributed by atoms with Crippen LogP contribution < -0.4 is 5.73 Å². The van der Waals surface area contributed by atoms with Crippen LogP contribution in [0.4, 0.5) is 4.39 Å². The number of alkyl halides is 1. The lowest BCUT2D eigenvalue weighted by Gasteiger charge is -2.39. The summed E-state index contributed by atoms with van der Waals surface area (Å²) in [5.74, 6) is -0.541. The molecule has 2 nitrogen and oxygen atoms in total. The molecular formula is C13H24FNO. The van der Waals surface area contributed by atoms with Gasteiger partial charge in [0, 0.05) is 0 Å². The summed E-state index contributed by atoms with van der Waals surface area (Å²) < 4.78 is 14.3. The van der Waals surface area contributed by atoms with Crippen molar-refractivity contribution in [3.05, 3.63) is 0 Å². The number of amides is 1. The minimum atomic E-state index is -1.11. The first-order valence-corrected chi connectivity index (χ1v) is 6.11. The summed E-state index contributed by atoms with van der Waals surface area (Å²) in [5, 5.41) is 0. The molecule has 1 atom stereocenters.